The highest BCUT2D eigenvalue weighted by molar-refractivity contribution is 7.10. The molecule has 0 spiro atoms. The van der Waals surface area contributed by atoms with E-state index < -0.39 is 23.7 Å². The van der Waals surface area contributed by atoms with Crippen LogP contribution in [-0.2, 0) is 22.4 Å². The van der Waals surface area contributed by atoms with Crippen molar-refractivity contribution in [2.45, 2.75) is 52.9 Å². The van der Waals surface area contributed by atoms with Crippen LogP contribution in [0.3, 0.4) is 0 Å². The molecule has 3 rings (SSSR count). The first-order valence-corrected chi connectivity index (χ1v) is 10.6. The number of nitrogens with one attached hydrogen (secondary N) is 2. The third-order valence-electron chi connectivity index (χ3n) is 6.00. The highest BCUT2D eigenvalue weighted by atomic mass is 32.1. The van der Waals surface area contributed by atoms with Gasteiger partial charge in [-0.2, -0.15) is 0 Å². The fourth-order valence-corrected chi connectivity index (χ4v) is 5.25. The molecule has 0 fully saturated rings. The maximum absolute atomic E-state index is 12.6. The fourth-order valence-electron chi connectivity index (χ4n) is 4.08. The Morgan fingerprint density at radius 3 is 2.43 bits per heavy atom. The van der Waals surface area contributed by atoms with Crippen molar-refractivity contribution in [3.63, 3.8) is 0 Å². The Morgan fingerprint density at radius 1 is 1.11 bits per heavy atom. The van der Waals surface area contributed by atoms with E-state index in [1.54, 1.807) is 23.5 Å². The number of carbonyl (C=O) groups excluding carboxylic acids is 3. The van der Waals surface area contributed by atoms with Crippen LogP contribution in [0, 0.1) is 23.2 Å². The summed E-state index contributed by atoms with van der Waals surface area (Å²) < 4.78 is 0. The second kappa shape index (κ2) is 8.07. The number of aliphatic carboxylic acids is 1. The number of carboxylic acids is 1. The van der Waals surface area contributed by atoms with Gasteiger partial charge in [0.25, 0.3) is 5.91 Å². The van der Waals surface area contributed by atoms with E-state index in [9.17, 15) is 19.5 Å². The highest BCUT2D eigenvalue weighted by Gasteiger charge is 2.33. The topological polar surface area (TPSA) is 98.3 Å². The minimum Gasteiger partial charge on any atom is -0.550 e. The first kappa shape index (κ1) is 20.6. The van der Waals surface area contributed by atoms with Gasteiger partial charge < -0.3 is 9.90 Å². The van der Waals surface area contributed by atoms with Crippen LogP contribution in [0.2, 0.25) is 0 Å². The summed E-state index contributed by atoms with van der Waals surface area (Å²) in [7, 11) is 0. The molecule has 0 saturated heterocycles. The Balaban J connectivity index is 1.62. The Morgan fingerprint density at radius 2 is 1.79 bits per heavy atom. The predicted octanol–water partition coefficient (Wildman–Crippen LogP) is 1.99. The molecule has 152 valence electrons. The van der Waals surface area contributed by atoms with Gasteiger partial charge in [0, 0.05) is 22.1 Å². The smallest absolute Gasteiger partial charge is 0.270 e. The average molecular weight is 404 g/mol. The minimum atomic E-state index is -1.24. The number of carboxylic acid groups (broad SMARTS) is 1. The number of hydrogen-bond acceptors (Lipinski definition) is 5. The van der Waals surface area contributed by atoms with E-state index in [0.717, 1.165) is 24.8 Å². The average Bonchev–Trinajstić information content (AvgIpc) is 3.08. The van der Waals surface area contributed by atoms with Gasteiger partial charge in [0.05, 0.1) is 11.5 Å². The molecule has 7 heteroatoms. The van der Waals surface area contributed by atoms with Crippen LogP contribution >= 0.6 is 11.3 Å². The lowest BCUT2D eigenvalue weighted by atomic mass is 9.72. The van der Waals surface area contributed by atoms with Crippen molar-refractivity contribution in [1.82, 2.24) is 10.9 Å². The van der Waals surface area contributed by atoms with E-state index in [4.69, 9.17) is 0 Å². The molecule has 2 N–H and O–H groups in total. The van der Waals surface area contributed by atoms with Crippen LogP contribution < -0.4 is 16.0 Å². The van der Waals surface area contributed by atoms with Gasteiger partial charge in [0.2, 0.25) is 5.91 Å². The van der Waals surface area contributed by atoms with Crippen molar-refractivity contribution in [3.8, 4) is 0 Å². The van der Waals surface area contributed by atoms with Gasteiger partial charge >= 0.3 is 0 Å². The summed E-state index contributed by atoms with van der Waals surface area (Å²) in [6.45, 7) is 6.75. The van der Waals surface area contributed by atoms with Crippen LogP contribution in [0.5, 0.6) is 0 Å². The fraction of sp³-hybridized carbons (Fsp3) is 0.571. The summed E-state index contributed by atoms with van der Waals surface area (Å²) in [6, 6.07) is 0. The zero-order chi connectivity index (χ0) is 20.5. The van der Waals surface area contributed by atoms with Gasteiger partial charge in [0.15, 0.2) is 0 Å². The molecule has 0 radical (unpaired) electrons. The Kier molecular flexibility index (Phi) is 5.93. The van der Waals surface area contributed by atoms with Crippen molar-refractivity contribution >= 4 is 29.1 Å². The molecule has 2 aliphatic rings. The summed E-state index contributed by atoms with van der Waals surface area (Å²) >= 11 is 1.60. The zero-order valence-corrected chi connectivity index (χ0v) is 17.4. The zero-order valence-electron chi connectivity index (χ0n) is 16.5. The minimum absolute atomic E-state index is 0.238. The lowest BCUT2D eigenvalue weighted by molar-refractivity contribution is -0.313. The molecule has 2 amide bonds. The summed E-state index contributed by atoms with van der Waals surface area (Å²) in [5.41, 5.74) is 6.79. The van der Waals surface area contributed by atoms with Crippen molar-refractivity contribution in [3.05, 3.63) is 33.5 Å². The van der Waals surface area contributed by atoms with Gasteiger partial charge in [-0.25, -0.2) is 0 Å². The SMILES string of the molecule is CC(C)(C)[C@H]1CCc2c(C(=O)NNC(=O)[C@H]3CC=CC[C@@H]3C(=O)[O-])csc2C1. The van der Waals surface area contributed by atoms with E-state index >= 15 is 0 Å². The molecule has 1 aromatic heterocycles. The summed E-state index contributed by atoms with van der Waals surface area (Å²) in [6.07, 6.45) is 6.99. The molecule has 0 aromatic carbocycles. The van der Waals surface area contributed by atoms with Crippen molar-refractivity contribution in [2.75, 3.05) is 0 Å². The quantitative estimate of drug-likeness (QED) is 0.596. The van der Waals surface area contributed by atoms with E-state index in [2.05, 4.69) is 31.6 Å². The van der Waals surface area contributed by atoms with Gasteiger partial charge in [-0.15, -0.1) is 11.3 Å². The van der Waals surface area contributed by atoms with E-state index in [0.29, 0.717) is 17.9 Å². The normalized spacial score (nSPS) is 24.3. The van der Waals surface area contributed by atoms with Crippen LogP contribution in [0.25, 0.3) is 0 Å². The Hall–Kier alpha value is -2.15. The third-order valence-corrected chi connectivity index (χ3v) is 7.05. The van der Waals surface area contributed by atoms with Crippen molar-refractivity contribution < 1.29 is 19.5 Å². The van der Waals surface area contributed by atoms with Crippen LogP contribution in [0.15, 0.2) is 17.5 Å². The second-order valence-corrected chi connectivity index (χ2v) is 9.74. The van der Waals surface area contributed by atoms with Gasteiger partial charge in [-0.1, -0.05) is 32.9 Å². The number of rotatable bonds is 3. The molecule has 1 heterocycles. The number of amides is 2. The van der Waals surface area contributed by atoms with Crippen molar-refractivity contribution in [2.24, 2.45) is 23.2 Å². The molecule has 28 heavy (non-hydrogen) atoms. The number of thiophene rings is 1. The second-order valence-electron chi connectivity index (χ2n) is 8.78. The van der Waals surface area contributed by atoms with Crippen LogP contribution in [0.1, 0.15) is 60.8 Å². The maximum atomic E-state index is 12.6. The standard InChI is InChI=1S/C21H28N2O4S/c1-21(2,3)12-8-9-13-16(11-28-17(13)10-12)19(25)23-22-18(24)14-6-4-5-7-15(14)20(26)27/h4-5,11-12,14-15H,6-10H2,1-3H3,(H,22,24)(H,23,25)(H,26,27)/p-1/t12-,14-,15-/m0/s1. The number of fused-ring (bicyclic) bond motifs is 1. The largest absolute Gasteiger partial charge is 0.550 e. The molecule has 2 aliphatic carbocycles. The molecule has 0 unspecified atom stereocenters. The van der Waals surface area contributed by atoms with Crippen molar-refractivity contribution in [1.29, 1.82) is 0 Å². The number of hydrazine groups is 1. The monoisotopic (exact) mass is 403 g/mol. The predicted molar refractivity (Wildman–Crippen MR) is 105 cm³/mol. The van der Waals surface area contributed by atoms with Gasteiger partial charge in [-0.05, 0) is 49.0 Å². The Bertz CT molecular complexity index is 806. The first-order chi connectivity index (χ1) is 13.2. The van der Waals surface area contributed by atoms with Gasteiger partial charge in [-0.3, -0.25) is 20.4 Å². The maximum Gasteiger partial charge on any atom is 0.270 e. The summed E-state index contributed by atoms with van der Waals surface area (Å²) in [5.74, 6) is -3.10. The molecular weight excluding hydrogens is 376 g/mol. The summed E-state index contributed by atoms with van der Waals surface area (Å²) in [5, 5.41) is 13.1. The third kappa shape index (κ3) is 4.29. The van der Waals surface area contributed by atoms with E-state index in [1.165, 1.54) is 4.88 Å². The Labute approximate surface area is 169 Å². The molecule has 0 aliphatic heterocycles. The molecule has 3 atom stereocenters. The van der Waals surface area contributed by atoms with Gasteiger partial charge in [0.1, 0.15) is 0 Å². The molecule has 0 saturated carbocycles. The number of hydrogen-bond donors (Lipinski definition) is 2. The number of carbonyl (C=O) groups is 3. The first-order valence-electron chi connectivity index (χ1n) is 9.73. The van der Waals surface area contributed by atoms with E-state index in [1.807, 2.05) is 5.38 Å². The molecule has 6 nitrogen and oxygen atoms in total. The van der Waals surface area contributed by atoms with Crippen LogP contribution in [-0.4, -0.2) is 17.8 Å². The number of allylic oxidation sites excluding steroid dienone is 2. The van der Waals surface area contributed by atoms with Crippen LogP contribution in [0.4, 0.5) is 0 Å². The molecule has 0 bridgehead atoms. The van der Waals surface area contributed by atoms with E-state index in [-0.39, 0.29) is 17.7 Å². The summed E-state index contributed by atoms with van der Waals surface area (Å²) in [4.78, 5) is 37.5. The molecule has 1 aromatic rings. The highest BCUT2D eigenvalue weighted by Crippen LogP contribution is 2.40. The molecular formula is C21H27N2O4S-. The lowest BCUT2D eigenvalue weighted by Crippen LogP contribution is -2.49. The lowest BCUT2D eigenvalue weighted by Gasteiger charge is -2.34.